The van der Waals surface area contributed by atoms with Gasteiger partial charge in [-0.1, -0.05) is 233 Å². The van der Waals surface area contributed by atoms with Gasteiger partial charge in [0.1, 0.15) is 13.2 Å². The molecule has 326 valence electrons. The Kier molecular flexibility index (Phi) is 42.3. The van der Waals surface area contributed by atoms with Gasteiger partial charge < -0.3 is 14.2 Å². The molecule has 0 aromatic heterocycles. The summed E-state index contributed by atoms with van der Waals surface area (Å²) in [5, 5.41) is 0. The molecule has 0 N–H and O–H groups in total. The van der Waals surface area contributed by atoms with Crippen molar-refractivity contribution < 1.29 is 28.6 Å². The molecule has 0 amide bonds. The SMILES string of the molecule is CCCCCCCCCCCCCC(=O)OC[C@H](COC(=O)CCCCCCCCCCC)OC(=O)CCCCCCCCCCCCCCCCC(C)C. The molecule has 1 atom stereocenters. The molecule has 6 nitrogen and oxygen atoms in total. The van der Waals surface area contributed by atoms with Gasteiger partial charge in [-0.3, -0.25) is 14.4 Å². The fourth-order valence-corrected chi connectivity index (χ4v) is 7.33. The van der Waals surface area contributed by atoms with Gasteiger partial charge in [-0.05, 0) is 25.2 Å². The zero-order valence-corrected chi connectivity index (χ0v) is 37.4. The quantitative estimate of drug-likeness (QED) is 0.0348. The van der Waals surface area contributed by atoms with Gasteiger partial charge in [-0.15, -0.1) is 0 Å². The minimum atomic E-state index is -0.759. The van der Waals surface area contributed by atoms with Crippen LogP contribution < -0.4 is 0 Å². The largest absolute Gasteiger partial charge is 0.462 e. The van der Waals surface area contributed by atoms with Gasteiger partial charge in [0.15, 0.2) is 6.10 Å². The van der Waals surface area contributed by atoms with Gasteiger partial charge in [-0.2, -0.15) is 0 Å². The summed E-state index contributed by atoms with van der Waals surface area (Å²) in [6, 6.07) is 0. The monoisotopic (exact) mass is 779 g/mol. The van der Waals surface area contributed by atoms with E-state index in [0.29, 0.717) is 19.3 Å². The predicted octanol–water partition coefficient (Wildman–Crippen LogP) is 15.5. The first kappa shape index (κ1) is 53.4. The molecule has 0 heterocycles. The summed E-state index contributed by atoms with van der Waals surface area (Å²) >= 11 is 0. The molecule has 0 aromatic rings. The molecule has 0 fully saturated rings. The average molecular weight is 779 g/mol. The predicted molar refractivity (Wildman–Crippen MR) is 233 cm³/mol. The van der Waals surface area contributed by atoms with E-state index in [9.17, 15) is 14.4 Å². The Bertz CT molecular complexity index is 826. The fraction of sp³-hybridized carbons (Fsp3) is 0.939. The van der Waals surface area contributed by atoms with Crippen molar-refractivity contribution in [2.75, 3.05) is 13.2 Å². The van der Waals surface area contributed by atoms with Crippen LogP contribution in [0.15, 0.2) is 0 Å². The molecule has 0 radical (unpaired) electrons. The van der Waals surface area contributed by atoms with E-state index in [1.54, 1.807) is 0 Å². The number of carbonyl (C=O) groups excluding carboxylic acids is 3. The van der Waals surface area contributed by atoms with E-state index in [0.717, 1.165) is 63.7 Å². The maximum absolute atomic E-state index is 12.7. The molecule has 0 spiro atoms. The van der Waals surface area contributed by atoms with Crippen LogP contribution in [-0.4, -0.2) is 37.2 Å². The molecule has 0 rings (SSSR count). The van der Waals surface area contributed by atoms with Crippen LogP contribution in [0.2, 0.25) is 0 Å². The highest BCUT2D eigenvalue weighted by atomic mass is 16.6. The number of rotatable bonds is 44. The summed E-state index contributed by atoms with van der Waals surface area (Å²) in [5.41, 5.74) is 0. The van der Waals surface area contributed by atoms with Crippen molar-refractivity contribution in [2.24, 2.45) is 5.92 Å². The summed E-state index contributed by atoms with van der Waals surface area (Å²) in [5.74, 6) is -0.00821. The van der Waals surface area contributed by atoms with Crippen LogP contribution in [0, 0.1) is 5.92 Å². The lowest BCUT2D eigenvalue weighted by atomic mass is 10.0. The number of unbranched alkanes of at least 4 members (excludes halogenated alkanes) is 31. The zero-order chi connectivity index (χ0) is 40.3. The van der Waals surface area contributed by atoms with Crippen molar-refractivity contribution in [1.82, 2.24) is 0 Å². The Morgan fingerprint density at radius 1 is 0.345 bits per heavy atom. The van der Waals surface area contributed by atoms with Gasteiger partial charge in [0.2, 0.25) is 0 Å². The third-order valence-electron chi connectivity index (χ3n) is 11.0. The van der Waals surface area contributed by atoms with Crippen LogP contribution in [-0.2, 0) is 28.6 Å². The second-order valence-corrected chi connectivity index (χ2v) is 17.2. The molecule has 6 heteroatoms. The Morgan fingerprint density at radius 3 is 0.891 bits per heavy atom. The van der Waals surface area contributed by atoms with Crippen molar-refractivity contribution in [1.29, 1.82) is 0 Å². The molecule has 0 aliphatic carbocycles. The average Bonchev–Trinajstić information content (AvgIpc) is 3.17. The van der Waals surface area contributed by atoms with Gasteiger partial charge in [0.25, 0.3) is 0 Å². The van der Waals surface area contributed by atoms with E-state index in [2.05, 4.69) is 27.7 Å². The van der Waals surface area contributed by atoms with Gasteiger partial charge in [0.05, 0.1) is 0 Å². The number of hydrogen-bond donors (Lipinski definition) is 0. The van der Waals surface area contributed by atoms with Crippen molar-refractivity contribution in [2.45, 2.75) is 278 Å². The van der Waals surface area contributed by atoms with Crippen molar-refractivity contribution >= 4 is 17.9 Å². The highest BCUT2D eigenvalue weighted by Gasteiger charge is 2.19. The van der Waals surface area contributed by atoms with Crippen LogP contribution in [0.3, 0.4) is 0 Å². The Balaban J connectivity index is 4.26. The van der Waals surface area contributed by atoms with Crippen LogP contribution >= 0.6 is 0 Å². The summed E-state index contributed by atoms with van der Waals surface area (Å²) in [7, 11) is 0. The lowest BCUT2D eigenvalue weighted by Crippen LogP contribution is -2.30. The molecule has 0 unspecified atom stereocenters. The van der Waals surface area contributed by atoms with Crippen molar-refractivity contribution in [3.05, 3.63) is 0 Å². The summed E-state index contributed by atoms with van der Waals surface area (Å²) < 4.78 is 16.7. The van der Waals surface area contributed by atoms with Crippen molar-refractivity contribution in [3.63, 3.8) is 0 Å². The molecule has 0 saturated carbocycles. The van der Waals surface area contributed by atoms with E-state index in [4.69, 9.17) is 14.2 Å². The van der Waals surface area contributed by atoms with Crippen molar-refractivity contribution in [3.8, 4) is 0 Å². The van der Waals surface area contributed by atoms with E-state index in [1.807, 2.05) is 0 Å². The molecular formula is C49H94O6. The smallest absolute Gasteiger partial charge is 0.306 e. The van der Waals surface area contributed by atoms with Crippen LogP contribution in [0.4, 0.5) is 0 Å². The highest BCUT2D eigenvalue weighted by molar-refractivity contribution is 5.71. The molecule has 0 bridgehead atoms. The Hall–Kier alpha value is -1.59. The van der Waals surface area contributed by atoms with E-state index >= 15 is 0 Å². The summed E-state index contributed by atoms with van der Waals surface area (Å²) in [6.45, 7) is 9.00. The summed E-state index contributed by atoms with van der Waals surface area (Å²) in [4.78, 5) is 37.7. The second-order valence-electron chi connectivity index (χ2n) is 17.2. The van der Waals surface area contributed by atoms with Gasteiger partial charge in [0, 0.05) is 19.3 Å². The first-order valence-corrected chi connectivity index (χ1v) is 24.4. The molecule has 0 saturated heterocycles. The minimum Gasteiger partial charge on any atom is -0.462 e. The third kappa shape index (κ3) is 43.4. The standard InChI is InChI=1S/C49H94O6/c1-5-7-9-11-13-15-20-25-29-33-37-41-48(51)54-44-46(43-53-47(50)40-36-32-28-23-14-12-10-8-6-2)55-49(52)42-38-34-30-26-22-19-17-16-18-21-24-27-31-35-39-45(3)4/h45-46H,5-44H2,1-4H3/t46-/m0/s1. The van der Waals surface area contributed by atoms with Crippen LogP contribution in [0.1, 0.15) is 272 Å². The maximum Gasteiger partial charge on any atom is 0.306 e. The molecule has 0 aliphatic rings. The maximum atomic E-state index is 12.7. The Morgan fingerprint density at radius 2 is 0.600 bits per heavy atom. The first-order valence-electron chi connectivity index (χ1n) is 24.4. The molecule has 0 aromatic carbocycles. The minimum absolute atomic E-state index is 0.0633. The molecular weight excluding hydrogens is 685 g/mol. The van der Waals surface area contributed by atoms with E-state index < -0.39 is 6.10 Å². The number of ether oxygens (including phenoxy) is 3. The topological polar surface area (TPSA) is 78.9 Å². The van der Waals surface area contributed by atoms with E-state index in [1.165, 1.54) is 167 Å². The fourth-order valence-electron chi connectivity index (χ4n) is 7.33. The highest BCUT2D eigenvalue weighted by Crippen LogP contribution is 2.17. The van der Waals surface area contributed by atoms with Crippen LogP contribution in [0.5, 0.6) is 0 Å². The van der Waals surface area contributed by atoms with E-state index in [-0.39, 0.29) is 31.1 Å². The lowest BCUT2D eigenvalue weighted by Gasteiger charge is -2.18. The molecule has 55 heavy (non-hydrogen) atoms. The summed E-state index contributed by atoms with van der Waals surface area (Å²) in [6.07, 6.45) is 43.7. The zero-order valence-electron chi connectivity index (χ0n) is 37.4. The Labute approximate surface area is 342 Å². The number of hydrogen-bond acceptors (Lipinski definition) is 6. The van der Waals surface area contributed by atoms with Crippen LogP contribution in [0.25, 0.3) is 0 Å². The molecule has 0 aliphatic heterocycles. The lowest BCUT2D eigenvalue weighted by molar-refractivity contribution is -0.167. The number of carbonyl (C=O) groups is 3. The third-order valence-corrected chi connectivity index (χ3v) is 11.0. The normalized spacial score (nSPS) is 11.9. The van der Waals surface area contributed by atoms with Gasteiger partial charge >= 0.3 is 17.9 Å². The van der Waals surface area contributed by atoms with Gasteiger partial charge in [-0.25, -0.2) is 0 Å². The first-order chi connectivity index (χ1) is 26.9. The second kappa shape index (κ2) is 43.5. The number of esters is 3.